The zero-order valence-corrected chi connectivity index (χ0v) is 11.8. The summed E-state index contributed by atoms with van der Waals surface area (Å²) in [6, 6.07) is 3.55. The molecule has 1 fully saturated rings. The van der Waals surface area contributed by atoms with Crippen LogP contribution in [-0.4, -0.2) is 37.1 Å². The molecule has 1 aliphatic rings. The molecule has 1 N–H and O–H groups in total. The van der Waals surface area contributed by atoms with Crippen molar-refractivity contribution in [2.45, 2.75) is 44.7 Å². The van der Waals surface area contributed by atoms with E-state index >= 15 is 0 Å². The minimum Gasteiger partial charge on any atom is -0.311 e. The lowest BCUT2D eigenvalue weighted by Gasteiger charge is -2.22. The largest absolute Gasteiger partial charge is 0.311 e. The summed E-state index contributed by atoms with van der Waals surface area (Å²) in [6.45, 7) is 4.81. The summed E-state index contributed by atoms with van der Waals surface area (Å²) in [5.41, 5.74) is 1.47. The fourth-order valence-electron chi connectivity index (χ4n) is 2.63. The molecule has 2 heterocycles. The van der Waals surface area contributed by atoms with Crippen molar-refractivity contribution in [1.82, 2.24) is 10.2 Å². The van der Waals surface area contributed by atoms with Crippen LogP contribution in [0.1, 0.15) is 31.7 Å². The fourth-order valence-corrected chi connectivity index (χ4v) is 3.31. The number of nitrogens with one attached hydrogen (secondary N) is 1. The van der Waals surface area contributed by atoms with Crippen molar-refractivity contribution in [3.05, 3.63) is 22.4 Å². The molecular formula is C14H24N2S. The van der Waals surface area contributed by atoms with Crippen molar-refractivity contribution >= 4 is 11.3 Å². The molecule has 2 unspecified atom stereocenters. The second-order valence-corrected chi connectivity index (χ2v) is 6.11. The number of hydrogen-bond acceptors (Lipinski definition) is 3. The van der Waals surface area contributed by atoms with Crippen LogP contribution in [0.25, 0.3) is 0 Å². The highest BCUT2D eigenvalue weighted by molar-refractivity contribution is 7.07. The van der Waals surface area contributed by atoms with E-state index in [1.165, 1.54) is 37.9 Å². The first-order valence-electron chi connectivity index (χ1n) is 6.69. The lowest BCUT2D eigenvalue weighted by Crippen LogP contribution is -2.38. The van der Waals surface area contributed by atoms with Gasteiger partial charge in [0, 0.05) is 12.1 Å². The third-order valence-electron chi connectivity index (χ3n) is 3.59. The summed E-state index contributed by atoms with van der Waals surface area (Å²) in [5.74, 6) is 0. The maximum absolute atomic E-state index is 3.80. The quantitative estimate of drug-likeness (QED) is 0.886. The monoisotopic (exact) mass is 252 g/mol. The van der Waals surface area contributed by atoms with Gasteiger partial charge in [-0.25, -0.2) is 0 Å². The van der Waals surface area contributed by atoms with Crippen molar-refractivity contribution in [3.8, 4) is 0 Å². The van der Waals surface area contributed by atoms with Gasteiger partial charge in [0.1, 0.15) is 0 Å². The van der Waals surface area contributed by atoms with E-state index in [2.05, 4.69) is 41.0 Å². The Labute approximate surface area is 109 Å². The van der Waals surface area contributed by atoms with E-state index in [4.69, 9.17) is 0 Å². The molecule has 0 bridgehead atoms. The second kappa shape index (κ2) is 6.53. The highest BCUT2D eigenvalue weighted by Crippen LogP contribution is 2.13. The molecular weight excluding hydrogens is 228 g/mol. The SMILES string of the molecule is CC(Cc1ccsc1)NC1CCCN(C)CC1. The predicted octanol–water partition coefficient (Wildman–Crippen LogP) is 2.75. The van der Waals surface area contributed by atoms with E-state index in [0.29, 0.717) is 12.1 Å². The Hall–Kier alpha value is -0.380. The highest BCUT2D eigenvalue weighted by atomic mass is 32.1. The summed E-state index contributed by atoms with van der Waals surface area (Å²) in [5, 5.41) is 8.23. The molecule has 17 heavy (non-hydrogen) atoms. The first kappa shape index (κ1) is 13.1. The number of nitrogens with zero attached hydrogens (tertiary/aromatic N) is 1. The van der Waals surface area contributed by atoms with E-state index in [1.54, 1.807) is 11.3 Å². The van der Waals surface area contributed by atoms with E-state index in [9.17, 15) is 0 Å². The molecule has 1 aromatic rings. The molecule has 3 heteroatoms. The van der Waals surface area contributed by atoms with E-state index in [0.717, 1.165) is 6.42 Å². The molecule has 2 rings (SSSR count). The lowest BCUT2D eigenvalue weighted by molar-refractivity contribution is 0.339. The molecule has 1 aliphatic heterocycles. The van der Waals surface area contributed by atoms with Crippen LogP contribution in [0, 0.1) is 0 Å². The highest BCUT2D eigenvalue weighted by Gasteiger charge is 2.16. The Morgan fingerprint density at radius 3 is 3.12 bits per heavy atom. The van der Waals surface area contributed by atoms with Crippen molar-refractivity contribution in [2.75, 3.05) is 20.1 Å². The Balaban J connectivity index is 1.75. The standard InChI is InChI=1S/C14H24N2S/c1-12(10-13-6-9-17-11-13)15-14-4-3-7-16(2)8-5-14/h6,9,11-12,14-15H,3-5,7-8,10H2,1-2H3. The Morgan fingerprint density at radius 1 is 1.47 bits per heavy atom. The molecule has 2 nitrogen and oxygen atoms in total. The van der Waals surface area contributed by atoms with Gasteiger partial charge in [-0.1, -0.05) is 0 Å². The third-order valence-corrected chi connectivity index (χ3v) is 4.33. The van der Waals surface area contributed by atoms with Crippen LogP contribution < -0.4 is 5.32 Å². The Morgan fingerprint density at radius 2 is 2.35 bits per heavy atom. The topological polar surface area (TPSA) is 15.3 Å². The van der Waals surface area contributed by atoms with Crippen LogP contribution >= 0.6 is 11.3 Å². The predicted molar refractivity (Wildman–Crippen MR) is 75.8 cm³/mol. The average Bonchev–Trinajstić information content (AvgIpc) is 2.70. The molecule has 96 valence electrons. The van der Waals surface area contributed by atoms with Gasteiger partial charge < -0.3 is 10.2 Å². The summed E-state index contributed by atoms with van der Waals surface area (Å²) in [7, 11) is 2.23. The number of hydrogen-bond donors (Lipinski definition) is 1. The fraction of sp³-hybridized carbons (Fsp3) is 0.714. The summed E-state index contributed by atoms with van der Waals surface area (Å²) < 4.78 is 0. The molecule has 0 radical (unpaired) electrons. The summed E-state index contributed by atoms with van der Waals surface area (Å²) >= 11 is 1.80. The van der Waals surface area contributed by atoms with Gasteiger partial charge in [-0.3, -0.25) is 0 Å². The zero-order valence-electron chi connectivity index (χ0n) is 11.0. The van der Waals surface area contributed by atoms with Gasteiger partial charge >= 0.3 is 0 Å². The van der Waals surface area contributed by atoms with Gasteiger partial charge in [0.15, 0.2) is 0 Å². The maximum atomic E-state index is 3.80. The molecule has 1 saturated heterocycles. The van der Waals surface area contributed by atoms with Crippen LogP contribution in [0.5, 0.6) is 0 Å². The molecule has 0 amide bonds. The Kier molecular flexibility index (Phi) is 5.01. The number of rotatable bonds is 4. The second-order valence-electron chi connectivity index (χ2n) is 5.33. The van der Waals surface area contributed by atoms with Crippen LogP contribution in [0.2, 0.25) is 0 Å². The van der Waals surface area contributed by atoms with Gasteiger partial charge in [0.05, 0.1) is 0 Å². The minimum atomic E-state index is 0.595. The van der Waals surface area contributed by atoms with E-state index in [-0.39, 0.29) is 0 Å². The van der Waals surface area contributed by atoms with Crippen molar-refractivity contribution in [3.63, 3.8) is 0 Å². The molecule has 1 aromatic heterocycles. The van der Waals surface area contributed by atoms with Gasteiger partial charge in [0.2, 0.25) is 0 Å². The van der Waals surface area contributed by atoms with Crippen molar-refractivity contribution < 1.29 is 0 Å². The first-order chi connectivity index (χ1) is 8.24. The molecule has 0 spiro atoms. The molecule has 0 saturated carbocycles. The smallest absolute Gasteiger partial charge is 0.00823 e. The average molecular weight is 252 g/mol. The van der Waals surface area contributed by atoms with Crippen LogP contribution in [0.4, 0.5) is 0 Å². The van der Waals surface area contributed by atoms with Crippen LogP contribution in [0.3, 0.4) is 0 Å². The van der Waals surface area contributed by atoms with E-state index in [1.807, 2.05) is 0 Å². The molecule has 0 aliphatic carbocycles. The zero-order chi connectivity index (χ0) is 12.1. The summed E-state index contributed by atoms with van der Waals surface area (Å²) in [4.78, 5) is 2.45. The van der Waals surface area contributed by atoms with Crippen molar-refractivity contribution in [1.29, 1.82) is 0 Å². The number of thiophene rings is 1. The van der Waals surface area contributed by atoms with Crippen molar-refractivity contribution in [2.24, 2.45) is 0 Å². The first-order valence-corrected chi connectivity index (χ1v) is 7.64. The van der Waals surface area contributed by atoms with Gasteiger partial charge in [-0.05, 0) is 75.1 Å². The van der Waals surface area contributed by atoms with Gasteiger partial charge in [-0.15, -0.1) is 0 Å². The van der Waals surface area contributed by atoms with Gasteiger partial charge in [-0.2, -0.15) is 11.3 Å². The van der Waals surface area contributed by atoms with Crippen LogP contribution in [-0.2, 0) is 6.42 Å². The normalized spacial score (nSPS) is 24.5. The summed E-state index contributed by atoms with van der Waals surface area (Å²) in [6.07, 6.45) is 5.12. The maximum Gasteiger partial charge on any atom is 0.00823 e. The Bertz CT molecular complexity index is 310. The van der Waals surface area contributed by atoms with Crippen LogP contribution in [0.15, 0.2) is 16.8 Å². The third kappa shape index (κ3) is 4.41. The molecule has 0 aromatic carbocycles. The minimum absolute atomic E-state index is 0.595. The van der Waals surface area contributed by atoms with E-state index < -0.39 is 0 Å². The molecule has 2 atom stereocenters. The number of likely N-dealkylation sites (tertiary alicyclic amines) is 1. The lowest BCUT2D eigenvalue weighted by atomic mass is 10.1. The van der Waals surface area contributed by atoms with Gasteiger partial charge in [0.25, 0.3) is 0 Å².